The molecular formula is C15H22N4. The lowest BCUT2D eigenvalue weighted by molar-refractivity contribution is 0.308. The van der Waals surface area contributed by atoms with Crippen molar-refractivity contribution in [1.82, 2.24) is 14.9 Å². The van der Waals surface area contributed by atoms with E-state index >= 15 is 0 Å². The van der Waals surface area contributed by atoms with Gasteiger partial charge in [-0.1, -0.05) is 0 Å². The van der Waals surface area contributed by atoms with E-state index in [0.717, 1.165) is 36.8 Å². The van der Waals surface area contributed by atoms with Crippen LogP contribution in [0.3, 0.4) is 0 Å². The predicted octanol–water partition coefficient (Wildman–Crippen LogP) is 1.64. The minimum Gasteiger partial charge on any atom is -0.340 e. The molecule has 1 aliphatic carbocycles. The maximum Gasteiger partial charge on any atom is 0.225 e. The molecular weight excluding hydrogens is 236 g/mol. The number of piperidine rings is 1. The highest BCUT2D eigenvalue weighted by atomic mass is 15.3. The Hall–Kier alpha value is -1.16. The third kappa shape index (κ3) is 2.46. The highest BCUT2D eigenvalue weighted by Crippen LogP contribution is 2.36. The van der Waals surface area contributed by atoms with Crippen molar-refractivity contribution in [2.45, 2.75) is 19.3 Å². The molecule has 0 spiro atoms. The van der Waals surface area contributed by atoms with Crippen molar-refractivity contribution in [2.24, 2.45) is 17.8 Å². The second-order valence-electron chi connectivity index (χ2n) is 6.47. The van der Waals surface area contributed by atoms with Crippen LogP contribution >= 0.6 is 0 Å². The van der Waals surface area contributed by atoms with Crippen molar-refractivity contribution in [3.63, 3.8) is 0 Å². The first-order valence-electron chi connectivity index (χ1n) is 7.63. The van der Waals surface area contributed by atoms with Gasteiger partial charge in [-0.25, -0.2) is 9.97 Å². The third-order valence-electron chi connectivity index (χ3n) is 4.93. The first-order valence-corrected chi connectivity index (χ1v) is 7.63. The van der Waals surface area contributed by atoms with Crippen LogP contribution in [0.4, 0.5) is 5.95 Å². The molecule has 0 unspecified atom stereocenters. The summed E-state index contributed by atoms with van der Waals surface area (Å²) in [5.74, 6) is 3.69. The Kier molecular flexibility index (Phi) is 2.91. The van der Waals surface area contributed by atoms with Crippen molar-refractivity contribution in [3.8, 4) is 0 Å². The van der Waals surface area contributed by atoms with Gasteiger partial charge in [0.05, 0.1) is 0 Å². The number of likely N-dealkylation sites (tertiary alicyclic amines) is 1. The molecule has 4 heteroatoms. The molecule has 2 aliphatic heterocycles. The van der Waals surface area contributed by atoms with Gasteiger partial charge in [0.1, 0.15) is 0 Å². The molecule has 4 nitrogen and oxygen atoms in total. The summed E-state index contributed by atoms with van der Waals surface area (Å²) in [5, 5.41) is 0. The average molecular weight is 258 g/mol. The first-order chi connectivity index (χ1) is 9.38. The smallest absolute Gasteiger partial charge is 0.225 e. The molecule has 0 bridgehead atoms. The molecule has 4 rings (SSSR count). The Bertz CT molecular complexity index is 431. The number of nitrogens with zero attached hydrogens (tertiary/aromatic N) is 4. The van der Waals surface area contributed by atoms with E-state index in [1.54, 1.807) is 0 Å². The van der Waals surface area contributed by atoms with Crippen LogP contribution < -0.4 is 4.90 Å². The van der Waals surface area contributed by atoms with Gasteiger partial charge in [-0.3, -0.25) is 0 Å². The molecule has 0 amide bonds. The van der Waals surface area contributed by atoms with Gasteiger partial charge in [0.25, 0.3) is 0 Å². The van der Waals surface area contributed by atoms with Crippen molar-refractivity contribution in [3.05, 3.63) is 18.5 Å². The standard InChI is InChI=1S/C15H22N4/c1-5-16-15(17-6-1)19-7-4-13-9-18(8-12-2-3-12)10-14(13)11-19/h1,5-6,12-14H,2-4,7-11H2/t13-,14-/m0/s1. The van der Waals surface area contributed by atoms with Gasteiger partial charge >= 0.3 is 0 Å². The molecule has 0 radical (unpaired) electrons. The van der Waals surface area contributed by atoms with Crippen LogP contribution in [0.25, 0.3) is 0 Å². The molecule has 3 fully saturated rings. The lowest BCUT2D eigenvalue weighted by Gasteiger charge is -2.34. The zero-order valence-corrected chi connectivity index (χ0v) is 11.4. The summed E-state index contributed by atoms with van der Waals surface area (Å²) in [6.07, 6.45) is 7.95. The predicted molar refractivity (Wildman–Crippen MR) is 75.0 cm³/mol. The number of hydrogen-bond donors (Lipinski definition) is 0. The summed E-state index contributed by atoms with van der Waals surface area (Å²) < 4.78 is 0. The molecule has 1 aromatic rings. The minimum absolute atomic E-state index is 0.830. The quantitative estimate of drug-likeness (QED) is 0.825. The van der Waals surface area contributed by atoms with Gasteiger partial charge in [-0.15, -0.1) is 0 Å². The molecule has 102 valence electrons. The lowest BCUT2D eigenvalue weighted by Crippen LogP contribution is -2.40. The second kappa shape index (κ2) is 4.75. The Labute approximate surface area is 114 Å². The Morgan fingerprint density at radius 1 is 1.00 bits per heavy atom. The number of fused-ring (bicyclic) bond motifs is 1. The highest BCUT2D eigenvalue weighted by molar-refractivity contribution is 5.29. The Balaban J connectivity index is 1.40. The van der Waals surface area contributed by atoms with Crippen molar-refractivity contribution in [2.75, 3.05) is 37.6 Å². The Morgan fingerprint density at radius 2 is 1.79 bits per heavy atom. The normalized spacial score (nSPS) is 31.5. The molecule has 3 aliphatic rings. The largest absolute Gasteiger partial charge is 0.340 e. The van der Waals surface area contributed by atoms with Gasteiger partial charge in [0, 0.05) is 45.1 Å². The zero-order valence-electron chi connectivity index (χ0n) is 11.4. The maximum absolute atomic E-state index is 4.40. The van der Waals surface area contributed by atoms with E-state index in [1.807, 2.05) is 18.5 Å². The summed E-state index contributed by atoms with van der Waals surface area (Å²) in [6.45, 7) is 6.27. The highest BCUT2D eigenvalue weighted by Gasteiger charge is 2.39. The van der Waals surface area contributed by atoms with Crippen LogP contribution in [0.5, 0.6) is 0 Å². The molecule has 3 heterocycles. The Morgan fingerprint density at radius 3 is 2.58 bits per heavy atom. The van der Waals surface area contributed by atoms with Gasteiger partial charge in [-0.2, -0.15) is 0 Å². The van der Waals surface area contributed by atoms with Crippen LogP contribution in [0, 0.1) is 17.8 Å². The van der Waals surface area contributed by atoms with Crippen LogP contribution in [-0.2, 0) is 0 Å². The van der Waals surface area contributed by atoms with Gasteiger partial charge in [0.15, 0.2) is 0 Å². The third-order valence-corrected chi connectivity index (χ3v) is 4.93. The van der Waals surface area contributed by atoms with E-state index in [-0.39, 0.29) is 0 Å². The summed E-state index contributed by atoms with van der Waals surface area (Å²) in [5.41, 5.74) is 0. The number of rotatable bonds is 3. The van der Waals surface area contributed by atoms with Gasteiger partial charge in [0.2, 0.25) is 5.95 Å². The monoisotopic (exact) mass is 258 g/mol. The topological polar surface area (TPSA) is 32.3 Å². The lowest BCUT2D eigenvalue weighted by atomic mass is 9.89. The minimum atomic E-state index is 0.830. The van der Waals surface area contributed by atoms with Crippen molar-refractivity contribution < 1.29 is 0 Å². The molecule has 0 N–H and O–H groups in total. The summed E-state index contributed by atoms with van der Waals surface area (Å²) >= 11 is 0. The van der Waals surface area contributed by atoms with Crippen LogP contribution in [0.1, 0.15) is 19.3 Å². The molecule has 1 saturated carbocycles. The maximum atomic E-state index is 4.40. The van der Waals surface area contributed by atoms with E-state index in [1.165, 1.54) is 38.9 Å². The summed E-state index contributed by atoms with van der Waals surface area (Å²) in [6, 6.07) is 1.89. The van der Waals surface area contributed by atoms with E-state index in [2.05, 4.69) is 19.8 Å². The zero-order chi connectivity index (χ0) is 12.7. The fourth-order valence-corrected chi connectivity index (χ4v) is 3.72. The average Bonchev–Trinajstić information content (AvgIpc) is 3.17. The number of hydrogen-bond acceptors (Lipinski definition) is 4. The van der Waals surface area contributed by atoms with E-state index in [9.17, 15) is 0 Å². The molecule has 1 aromatic heterocycles. The SMILES string of the molecule is c1cnc(N2CC[C@H]3CN(CC4CC4)C[C@H]3C2)nc1. The van der Waals surface area contributed by atoms with Gasteiger partial charge < -0.3 is 9.80 Å². The fraction of sp³-hybridized carbons (Fsp3) is 0.733. The molecule has 0 aromatic carbocycles. The molecule has 2 saturated heterocycles. The number of anilines is 1. The number of aromatic nitrogens is 2. The van der Waals surface area contributed by atoms with E-state index in [4.69, 9.17) is 0 Å². The first kappa shape index (κ1) is 11.6. The second-order valence-corrected chi connectivity index (χ2v) is 6.47. The van der Waals surface area contributed by atoms with Gasteiger partial charge in [-0.05, 0) is 43.1 Å². The molecule has 19 heavy (non-hydrogen) atoms. The van der Waals surface area contributed by atoms with E-state index in [0.29, 0.717) is 0 Å². The van der Waals surface area contributed by atoms with Crippen LogP contribution in [0.2, 0.25) is 0 Å². The van der Waals surface area contributed by atoms with E-state index < -0.39 is 0 Å². The summed E-state index contributed by atoms with van der Waals surface area (Å²) in [7, 11) is 0. The summed E-state index contributed by atoms with van der Waals surface area (Å²) in [4.78, 5) is 13.9. The molecule has 2 atom stereocenters. The fourth-order valence-electron chi connectivity index (χ4n) is 3.72. The van der Waals surface area contributed by atoms with Crippen LogP contribution in [-0.4, -0.2) is 47.6 Å². The van der Waals surface area contributed by atoms with Crippen molar-refractivity contribution >= 4 is 5.95 Å². The van der Waals surface area contributed by atoms with Crippen molar-refractivity contribution in [1.29, 1.82) is 0 Å². The van der Waals surface area contributed by atoms with Crippen LogP contribution in [0.15, 0.2) is 18.5 Å².